The van der Waals surface area contributed by atoms with Crippen LogP contribution in [0.1, 0.15) is 58.9 Å². The number of esters is 1. The molecular formula is C40H57N10O15PS. The SMILES string of the molecule is CC[C@H](C)[C@@H]1NC(=O)CNC(=O)[C@@H]2Cc3c([nH]c4cc(OP(=O)(O)O)c(N)cc34)SC[C@H](NC(=O)CNC1=O)C(=O)NC(CC(=O)OC)C(=O)N1C[C@H](O)C[C@H]1C(=O)N[C@@H]([C@@H](C)CC)C(=O)N2. The number of nitrogens with two attached hydrogens (primary N) is 1. The summed E-state index contributed by atoms with van der Waals surface area (Å²) < 4.78 is 21.5. The number of nitrogen functional groups attached to an aromatic ring is 1. The van der Waals surface area contributed by atoms with E-state index in [2.05, 4.69) is 42.2 Å². The predicted octanol–water partition coefficient (Wildman–Crippen LogP) is -2.84. The Bertz CT molecular complexity index is 2330. The molecule has 27 heteroatoms. The first kappa shape index (κ1) is 52.0. The van der Waals surface area contributed by atoms with Crippen LogP contribution in [0.15, 0.2) is 17.2 Å². The van der Waals surface area contributed by atoms with E-state index in [1.165, 1.54) is 12.1 Å². The molecular weight excluding hydrogens is 924 g/mol. The van der Waals surface area contributed by atoms with E-state index in [0.29, 0.717) is 12.8 Å². The van der Waals surface area contributed by atoms with Crippen molar-refractivity contribution >= 4 is 89.4 Å². The Balaban J connectivity index is 1.74. The van der Waals surface area contributed by atoms with Crippen molar-refractivity contribution in [1.29, 1.82) is 0 Å². The molecule has 1 fully saturated rings. The van der Waals surface area contributed by atoms with Crippen LogP contribution >= 0.6 is 19.6 Å². The average molecular weight is 981 g/mol. The third kappa shape index (κ3) is 13.1. The molecule has 67 heavy (non-hydrogen) atoms. The monoisotopic (exact) mass is 980 g/mol. The molecule has 3 aliphatic rings. The van der Waals surface area contributed by atoms with Gasteiger partial charge in [-0.1, -0.05) is 40.5 Å². The first-order chi connectivity index (χ1) is 31.5. The highest BCUT2D eigenvalue weighted by Crippen LogP contribution is 2.43. The van der Waals surface area contributed by atoms with Crippen LogP contribution in [0.25, 0.3) is 10.9 Å². The Morgan fingerprint density at radius 1 is 0.851 bits per heavy atom. The minimum Gasteiger partial charge on any atom is -0.469 e. The molecule has 25 nitrogen and oxygen atoms in total. The van der Waals surface area contributed by atoms with E-state index < -0.39 is 153 Å². The quantitative estimate of drug-likeness (QED) is 0.0720. The second-order valence-electron chi connectivity index (χ2n) is 16.6. The van der Waals surface area contributed by atoms with E-state index in [9.17, 15) is 62.6 Å². The number of phosphoric acid groups is 1. The maximum Gasteiger partial charge on any atom is 0.524 e. The van der Waals surface area contributed by atoms with Crippen LogP contribution in [0.3, 0.4) is 0 Å². The van der Waals surface area contributed by atoms with Gasteiger partial charge in [0.15, 0.2) is 5.75 Å². The number of thioether (sulfide) groups is 1. The highest BCUT2D eigenvalue weighted by atomic mass is 32.2. The molecule has 0 radical (unpaired) electrons. The number of nitrogens with one attached hydrogen (secondary N) is 8. The number of H-pyrrole nitrogens is 1. The Morgan fingerprint density at radius 2 is 1.48 bits per heavy atom. The molecule has 9 atom stereocenters. The number of fused-ring (bicyclic) bond motifs is 5. The van der Waals surface area contributed by atoms with Crippen LogP contribution < -0.4 is 47.5 Å². The largest absolute Gasteiger partial charge is 0.524 e. The number of aromatic amines is 1. The van der Waals surface area contributed by atoms with Crippen LogP contribution in [0.2, 0.25) is 0 Å². The van der Waals surface area contributed by atoms with E-state index in [1.807, 2.05) is 0 Å². The maximum absolute atomic E-state index is 14.5. The number of rotatable bonds is 8. The van der Waals surface area contributed by atoms with Crippen molar-refractivity contribution in [3.8, 4) is 5.75 Å². The van der Waals surface area contributed by atoms with Gasteiger partial charge in [0.2, 0.25) is 47.3 Å². The van der Waals surface area contributed by atoms with Crippen LogP contribution in [0.5, 0.6) is 5.75 Å². The summed E-state index contributed by atoms with van der Waals surface area (Å²) in [6.45, 7) is 5.00. The van der Waals surface area contributed by atoms with Crippen molar-refractivity contribution in [3.05, 3.63) is 17.7 Å². The summed E-state index contributed by atoms with van der Waals surface area (Å²) in [5.74, 6) is -10.0. The van der Waals surface area contributed by atoms with Crippen LogP contribution in [-0.4, -0.2) is 153 Å². The zero-order valence-corrected chi connectivity index (χ0v) is 39.0. The van der Waals surface area contributed by atoms with Gasteiger partial charge in [0.25, 0.3) is 0 Å². The van der Waals surface area contributed by atoms with E-state index in [1.54, 1.807) is 27.7 Å². The predicted molar refractivity (Wildman–Crippen MR) is 237 cm³/mol. The summed E-state index contributed by atoms with van der Waals surface area (Å²) in [5.41, 5.74) is 6.32. The molecule has 1 unspecified atom stereocenters. The Kier molecular flexibility index (Phi) is 17.3. The Morgan fingerprint density at radius 3 is 2.10 bits per heavy atom. The minimum absolute atomic E-state index is 0.136. The Labute approximate surface area is 388 Å². The molecule has 5 rings (SSSR count). The fraction of sp³-hybridized carbons (Fsp3) is 0.575. The standard InChI is InChI=1S/C40H57N10O15PS/c1-6-17(3)32-37(58)43-13-29(52)44-26-16-67-39-21(20-9-22(41)28(11-23(20)47-39)65-66(61,62)63)10-24(34(55)42-14-30(53)48-32)45-38(59)33(18(4)7-2)49-36(57)27-8-19(51)15-50(27)40(60)25(46-35(26)56)12-31(54)64-5/h9,11,17-19,24-27,32-33,47,51H,6-8,10,12-16,41H2,1-5H3,(H,42,55)(H,43,58)(H,44,52)(H,45,59)(H,46,56)(H,48,53)(H,49,57)(H2,61,62,63)/t17-,18-,19+,24-,25?,26-,27-,32-,33-/m0/s1. The van der Waals surface area contributed by atoms with Crippen molar-refractivity contribution in [2.45, 2.75) is 107 Å². The third-order valence-electron chi connectivity index (χ3n) is 11.8. The van der Waals surface area contributed by atoms with Gasteiger partial charge in [-0.3, -0.25) is 52.9 Å². The summed E-state index contributed by atoms with van der Waals surface area (Å²) in [6.07, 6.45) is -2.01. The number of aliphatic hydroxyl groups excluding tert-OH is 1. The van der Waals surface area contributed by atoms with Gasteiger partial charge in [-0.2, -0.15) is 0 Å². The molecule has 0 saturated carbocycles. The number of anilines is 1. The van der Waals surface area contributed by atoms with Crippen molar-refractivity contribution < 1.29 is 71.9 Å². The number of ether oxygens (including phenoxy) is 1. The van der Waals surface area contributed by atoms with Crippen molar-refractivity contribution in [1.82, 2.24) is 47.1 Å². The lowest BCUT2D eigenvalue weighted by Crippen LogP contribution is -2.61. The van der Waals surface area contributed by atoms with Gasteiger partial charge in [-0.05, 0) is 23.5 Å². The molecule has 1 aromatic heterocycles. The molecule has 1 saturated heterocycles. The molecule has 0 aliphatic carbocycles. The number of benzene rings is 1. The number of carbonyl (C=O) groups is 9. The van der Waals surface area contributed by atoms with Gasteiger partial charge in [-0.25, -0.2) is 4.57 Å². The number of aromatic nitrogens is 1. The van der Waals surface area contributed by atoms with Gasteiger partial charge in [-0.15, -0.1) is 11.8 Å². The smallest absolute Gasteiger partial charge is 0.469 e. The maximum atomic E-state index is 14.5. The fourth-order valence-corrected chi connectivity index (χ4v) is 9.28. The minimum atomic E-state index is -5.14. The third-order valence-corrected chi connectivity index (χ3v) is 13.4. The van der Waals surface area contributed by atoms with Crippen molar-refractivity contribution in [2.75, 3.05) is 38.2 Å². The number of phosphoric ester groups is 1. The number of aliphatic hydroxyl groups is 1. The Hall–Kier alpha value is -5.95. The van der Waals surface area contributed by atoms with E-state index in [-0.39, 0.29) is 39.4 Å². The topological polar surface area (TPSA) is 379 Å². The molecule has 3 aliphatic heterocycles. The van der Waals surface area contributed by atoms with Gasteiger partial charge >= 0.3 is 13.8 Å². The van der Waals surface area contributed by atoms with Crippen LogP contribution in [0.4, 0.5) is 5.69 Å². The summed E-state index contributed by atoms with van der Waals surface area (Å²) in [4.78, 5) is 148. The molecule has 4 heterocycles. The number of hydrogen-bond acceptors (Lipinski definition) is 15. The molecule has 8 amide bonds. The molecule has 368 valence electrons. The van der Waals surface area contributed by atoms with Crippen molar-refractivity contribution in [2.24, 2.45) is 11.8 Å². The van der Waals surface area contributed by atoms with E-state index >= 15 is 0 Å². The number of hydrogen-bond donors (Lipinski definition) is 12. The number of carbonyl (C=O) groups excluding carboxylic acids is 9. The summed E-state index contributed by atoms with van der Waals surface area (Å²) >= 11 is 0.877. The normalized spacial score (nSPS) is 26.3. The van der Waals surface area contributed by atoms with Gasteiger partial charge in [0.1, 0.15) is 36.3 Å². The number of nitrogens with zero attached hydrogens (tertiary/aromatic N) is 1. The van der Waals surface area contributed by atoms with Crippen molar-refractivity contribution in [3.63, 3.8) is 0 Å². The van der Waals surface area contributed by atoms with E-state index in [4.69, 9.17) is 15.0 Å². The molecule has 2 bridgehead atoms. The molecule has 13 N–H and O–H groups in total. The highest BCUT2D eigenvalue weighted by Gasteiger charge is 2.44. The number of amides is 8. The van der Waals surface area contributed by atoms with Crippen LogP contribution in [-0.2, 0) is 58.9 Å². The zero-order valence-electron chi connectivity index (χ0n) is 37.3. The lowest BCUT2D eigenvalue weighted by molar-refractivity contribution is -0.148. The lowest BCUT2D eigenvalue weighted by atomic mass is 9.96. The van der Waals surface area contributed by atoms with Gasteiger partial charge < -0.3 is 67.2 Å². The highest BCUT2D eigenvalue weighted by molar-refractivity contribution is 7.99. The second kappa shape index (κ2) is 22.2. The lowest BCUT2D eigenvalue weighted by Gasteiger charge is -2.32. The fourth-order valence-electron chi connectivity index (χ4n) is 7.75. The number of methoxy groups -OCH3 is 1. The first-order valence-electron chi connectivity index (χ1n) is 21.5. The van der Waals surface area contributed by atoms with Crippen LogP contribution in [0, 0.1) is 11.8 Å². The van der Waals surface area contributed by atoms with E-state index in [0.717, 1.165) is 23.8 Å². The average Bonchev–Trinajstić information content (AvgIpc) is 3.83. The summed E-state index contributed by atoms with van der Waals surface area (Å²) in [6, 6.07) is -6.44. The summed E-state index contributed by atoms with van der Waals surface area (Å²) in [7, 11) is -4.10. The molecule has 0 spiro atoms. The second-order valence-corrected chi connectivity index (χ2v) is 18.8. The molecule has 1 aromatic carbocycles. The zero-order chi connectivity index (χ0) is 49.5. The van der Waals surface area contributed by atoms with Gasteiger partial charge in [0, 0.05) is 36.6 Å². The first-order valence-corrected chi connectivity index (χ1v) is 24.0. The van der Waals surface area contributed by atoms with Gasteiger partial charge in [0.05, 0.1) is 49.0 Å². The molecule has 2 aromatic rings. The summed E-state index contributed by atoms with van der Waals surface area (Å²) in [5, 5.41) is 29.0.